The highest BCUT2D eigenvalue weighted by Gasteiger charge is 2.30. The second-order valence-corrected chi connectivity index (χ2v) is 6.80. The Balaban J connectivity index is 2.13. The summed E-state index contributed by atoms with van der Waals surface area (Å²) in [4.78, 5) is 18.2. The lowest BCUT2D eigenvalue weighted by atomic mass is 10.2. The minimum atomic E-state index is -3.53. The highest BCUT2D eigenvalue weighted by atomic mass is 32.2. The van der Waals surface area contributed by atoms with E-state index < -0.39 is 10.0 Å². The van der Waals surface area contributed by atoms with Gasteiger partial charge >= 0.3 is 0 Å². The van der Waals surface area contributed by atoms with Crippen LogP contribution in [0.3, 0.4) is 0 Å². The molecule has 1 aliphatic rings. The summed E-state index contributed by atoms with van der Waals surface area (Å²) < 4.78 is 32.4. The normalized spacial score (nSPS) is 18.3. The Hall–Kier alpha value is -1.87. The van der Waals surface area contributed by atoms with E-state index in [4.69, 9.17) is 14.6 Å². The summed E-state index contributed by atoms with van der Waals surface area (Å²) in [7, 11) is -0.638. The van der Waals surface area contributed by atoms with E-state index in [2.05, 4.69) is 4.98 Å². The van der Waals surface area contributed by atoms with Gasteiger partial charge in [-0.15, -0.1) is 0 Å². The summed E-state index contributed by atoms with van der Waals surface area (Å²) in [6, 6.07) is 3.16. The van der Waals surface area contributed by atoms with E-state index in [1.54, 1.807) is 17.0 Å². The first-order valence-electron chi connectivity index (χ1n) is 6.73. The van der Waals surface area contributed by atoms with Crippen LogP contribution in [0.4, 0.5) is 0 Å². The molecule has 0 radical (unpaired) electrons. The van der Waals surface area contributed by atoms with Gasteiger partial charge in [-0.05, 0) is 18.4 Å². The number of methoxy groups -OCH3 is 2. The lowest BCUT2D eigenvalue weighted by Crippen LogP contribution is -2.31. The number of carbonyl (C=O) groups excluding carboxylic acids is 1. The minimum absolute atomic E-state index is 0.116. The topological polar surface area (TPSA) is 112 Å². The molecular weight excluding hydrogens is 310 g/mol. The lowest BCUT2D eigenvalue weighted by Gasteiger charge is -2.17. The largest absolute Gasteiger partial charge is 0.481 e. The third kappa shape index (κ3) is 3.86. The number of hydrogen-bond acceptors (Lipinski definition) is 6. The number of hydrogen-bond donors (Lipinski definition) is 1. The maximum atomic E-state index is 12.5. The first-order chi connectivity index (χ1) is 10.3. The fourth-order valence-corrected chi connectivity index (χ4v) is 3.44. The van der Waals surface area contributed by atoms with E-state index in [0.29, 0.717) is 31.0 Å². The van der Waals surface area contributed by atoms with Crippen LogP contribution < -0.4 is 14.6 Å². The summed E-state index contributed by atoms with van der Waals surface area (Å²) in [6.45, 7) is 0.832. The zero-order valence-electron chi connectivity index (χ0n) is 12.5. The van der Waals surface area contributed by atoms with Crippen molar-refractivity contribution in [2.24, 2.45) is 11.1 Å². The van der Waals surface area contributed by atoms with Gasteiger partial charge in [-0.2, -0.15) is 4.98 Å². The van der Waals surface area contributed by atoms with Crippen LogP contribution in [0.2, 0.25) is 0 Å². The average Bonchev–Trinajstić information content (AvgIpc) is 2.92. The van der Waals surface area contributed by atoms with Crippen molar-refractivity contribution in [3.05, 3.63) is 17.7 Å². The van der Waals surface area contributed by atoms with Gasteiger partial charge < -0.3 is 14.4 Å². The first kappa shape index (κ1) is 16.5. The van der Waals surface area contributed by atoms with Crippen LogP contribution in [0.25, 0.3) is 0 Å². The van der Waals surface area contributed by atoms with Gasteiger partial charge in [0.1, 0.15) is 5.56 Å². The highest BCUT2D eigenvalue weighted by molar-refractivity contribution is 7.89. The smallest absolute Gasteiger partial charge is 0.259 e. The number of ether oxygens (including phenoxy) is 2. The highest BCUT2D eigenvalue weighted by Crippen LogP contribution is 2.25. The number of primary sulfonamides is 1. The van der Waals surface area contributed by atoms with Crippen molar-refractivity contribution in [1.82, 2.24) is 9.88 Å². The average molecular weight is 329 g/mol. The fourth-order valence-electron chi connectivity index (χ4n) is 2.51. The van der Waals surface area contributed by atoms with Crippen molar-refractivity contribution in [1.29, 1.82) is 0 Å². The molecule has 2 N–H and O–H groups in total. The van der Waals surface area contributed by atoms with Gasteiger partial charge in [0, 0.05) is 19.2 Å². The number of nitrogens with zero attached hydrogens (tertiary/aromatic N) is 2. The summed E-state index contributed by atoms with van der Waals surface area (Å²) in [6.07, 6.45) is 0.605. The number of sulfonamides is 1. The molecule has 1 aromatic heterocycles. The first-order valence-corrected chi connectivity index (χ1v) is 8.44. The summed E-state index contributed by atoms with van der Waals surface area (Å²) >= 11 is 0. The number of nitrogens with two attached hydrogens (primary N) is 1. The van der Waals surface area contributed by atoms with E-state index in [1.165, 1.54) is 14.2 Å². The predicted molar refractivity (Wildman–Crippen MR) is 79.3 cm³/mol. The number of rotatable bonds is 5. The summed E-state index contributed by atoms with van der Waals surface area (Å²) in [5.41, 5.74) is 0.319. The van der Waals surface area contributed by atoms with Crippen molar-refractivity contribution in [2.45, 2.75) is 6.42 Å². The Kier molecular flexibility index (Phi) is 4.87. The molecule has 0 aliphatic carbocycles. The third-order valence-corrected chi connectivity index (χ3v) is 4.44. The van der Waals surface area contributed by atoms with E-state index in [0.717, 1.165) is 0 Å². The van der Waals surface area contributed by atoms with Crippen molar-refractivity contribution < 1.29 is 22.7 Å². The predicted octanol–water partition coefficient (Wildman–Crippen LogP) is -0.151. The van der Waals surface area contributed by atoms with Gasteiger partial charge in [0.05, 0.1) is 20.0 Å². The SMILES string of the molecule is COc1ccc(C(=O)N2CC[C@H](CS(N)(=O)=O)C2)c(OC)n1. The molecule has 0 unspecified atom stereocenters. The van der Waals surface area contributed by atoms with Gasteiger partial charge in [-0.1, -0.05) is 0 Å². The Bertz CT molecular complexity index is 662. The molecule has 2 rings (SSSR count). The lowest BCUT2D eigenvalue weighted by molar-refractivity contribution is 0.0784. The third-order valence-electron chi connectivity index (χ3n) is 3.51. The molecule has 1 atom stereocenters. The monoisotopic (exact) mass is 329 g/mol. The number of amides is 1. The Morgan fingerprint density at radius 2 is 2.14 bits per heavy atom. The second kappa shape index (κ2) is 6.49. The van der Waals surface area contributed by atoms with Crippen LogP contribution in [0.1, 0.15) is 16.8 Å². The van der Waals surface area contributed by atoms with Gasteiger partial charge in [0.2, 0.25) is 21.8 Å². The molecule has 22 heavy (non-hydrogen) atoms. The van der Waals surface area contributed by atoms with E-state index in [9.17, 15) is 13.2 Å². The molecule has 0 bridgehead atoms. The molecule has 1 saturated heterocycles. The number of likely N-dealkylation sites (tertiary alicyclic amines) is 1. The Labute approximate surface area is 129 Å². The summed E-state index contributed by atoms with van der Waals surface area (Å²) in [5.74, 6) is 0.0237. The quantitative estimate of drug-likeness (QED) is 0.804. The van der Waals surface area contributed by atoms with Gasteiger partial charge in [0.25, 0.3) is 5.91 Å². The van der Waals surface area contributed by atoms with Crippen LogP contribution in [0, 0.1) is 5.92 Å². The van der Waals surface area contributed by atoms with Crippen LogP contribution in [0.15, 0.2) is 12.1 Å². The summed E-state index contributed by atoms with van der Waals surface area (Å²) in [5, 5.41) is 5.05. The van der Waals surface area contributed by atoms with Gasteiger partial charge in [-0.25, -0.2) is 13.6 Å². The molecule has 0 aromatic carbocycles. The molecule has 0 saturated carbocycles. The minimum Gasteiger partial charge on any atom is -0.481 e. The molecule has 1 aromatic rings. The number of pyridine rings is 1. The van der Waals surface area contributed by atoms with E-state index >= 15 is 0 Å². The van der Waals surface area contributed by atoms with E-state index in [1.807, 2.05) is 0 Å². The molecule has 1 aliphatic heterocycles. The number of aromatic nitrogens is 1. The molecular formula is C13H19N3O5S. The van der Waals surface area contributed by atoms with Gasteiger partial charge in [0.15, 0.2) is 0 Å². The molecule has 8 nitrogen and oxygen atoms in total. The molecule has 1 amide bonds. The van der Waals surface area contributed by atoms with Crippen LogP contribution in [-0.4, -0.2) is 57.3 Å². The second-order valence-electron chi connectivity index (χ2n) is 5.15. The Morgan fingerprint density at radius 1 is 1.41 bits per heavy atom. The van der Waals surface area contributed by atoms with Gasteiger partial charge in [-0.3, -0.25) is 4.79 Å². The van der Waals surface area contributed by atoms with Crippen molar-refractivity contribution in [3.63, 3.8) is 0 Å². The molecule has 122 valence electrons. The molecule has 1 fully saturated rings. The zero-order chi connectivity index (χ0) is 16.3. The molecule has 9 heteroatoms. The van der Waals surface area contributed by atoms with Crippen LogP contribution in [0.5, 0.6) is 11.8 Å². The van der Waals surface area contributed by atoms with Crippen molar-refractivity contribution in [2.75, 3.05) is 33.1 Å². The maximum absolute atomic E-state index is 12.5. The van der Waals surface area contributed by atoms with Crippen molar-refractivity contribution >= 4 is 15.9 Å². The number of carbonyl (C=O) groups is 1. The maximum Gasteiger partial charge on any atom is 0.259 e. The molecule has 2 heterocycles. The molecule has 0 spiro atoms. The zero-order valence-corrected chi connectivity index (χ0v) is 13.3. The van der Waals surface area contributed by atoms with Crippen LogP contribution >= 0.6 is 0 Å². The standard InChI is InChI=1S/C13H19N3O5S/c1-20-11-4-3-10(12(15-11)21-2)13(17)16-6-5-9(7-16)8-22(14,18)19/h3-4,9H,5-8H2,1-2H3,(H2,14,18,19)/t9-/m0/s1. The van der Waals surface area contributed by atoms with Crippen LogP contribution in [-0.2, 0) is 10.0 Å². The van der Waals surface area contributed by atoms with Crippen molar-refractivity contribution in [3.8, 4) is 11.8 Å². The van der Waals surface area contributed by atoms with E-state index in [-0.39, 0.29) is 23.5 Å². The Morgan fingerprint density at radius 3 is 2.73 bits per heavy atom. The fraction of sp³-hybridized carbons (Fsp3) is 0.538.